The molecule has 4 N–H and O–H groups in total. The predicted octanol–water partition coefficient (Wildman–Crippen LogP) is 1.97. The Kier molecular flexibility index (Phi) is 10.2. The molecule has 8 heteroatoms. The van der Waals surface area contributed by atoms with E-state index in [1.165, 1.54) is 7.11 Å². The van der Waals surface area contributed by atoms with Crippen LogP contribution in [-0.4, -0.2) is 43.2 Å². The summed E-state index contributed by atoms with van der Waals surface area (Å²) in [6.45, 7) is 7.52. The van der Waals surface area contributed by atoms with Crippen LogP contribution < -0.4 is 16.4 Å². The van der Waals surface area contributed by atoms with Crippen molar-refractivity contribution in [2.75, 3.05) is 7.11 Å². The molecule has 162 valence electrons. The third kappa shape index (κ3) is 8.51. The van der Waals surface area contributed by atoms with E-state index < -0.39 is 36.1 Å². The Bertz CT molecular complexity index is 664. The molecule has 3 atom stereocenters. The molecule has 0 heterocycles. The molecular weight excluding hydrogens is 374 g/mol. The van der Waals surface area contributed by atoms with Crippen LogP contribution in [-0.2, 0) is 25.7 Å². The summed E-state index contributed by atoms with van der Waals surface area (Å²) in [5.41, 5.74) is 7.05. The Morgan fingerprint density at radius 2 is 1.62 bits per heavy atom. The molecule has 0 aliphatic heterocycles. The molecule has 2 amide bonds. The zero-order valence-corrected chi connectivity index (χ0v) is 17.8. The standard InChI is InChI=1S/C21H33N3O5/c1-13(2)18(22)16(11-17(25)24-19(14(3)4)20(26)28-5)23-21(27)29-12-15-9-7-6-8-10-15/h6-10,13-14,16,18-19H,11-12,22H2,1-5H3,(H,23,27)(H,24,25)/t16-,18+,19+/m1/s1. The van der Waals surface area contributed by atoms with Gasteiger partial charge < -0.3 is 25.8 Å². The molecular formula is C21H33N3O5. The summed E-state index contributed by atoms with van der Waals surface area (Å²) in [7, 11) is 1.27. The Hall–Kier alpha value is -2.61. The monoisotopic (exact) mass is 407 g/mol. The van der Waals surface area contributed by atoms with Crippen LogP contribution in [0, 0.1) is 11.8 Å². The number of esters is 1. The van der Waals surface area contributed by atoms with Crippen LogP contribution in [0.15, 0.2) is 30.3 Å². The highest BCUT2D eigenvalue weighted by Crippen LogP contribution is 2.10. The van der Waals surface area contributed by atoms with E-state index in [2.05, 4.69) is 10.6 Å². The van der Waals surface area contributed by atoms with Gasteiger partial charge in [0.05, 0.1) is 13.2 Å². The number of carbonyl (C=O) groups is 3. The topological polar surface area (TPSA) is 120 Å². The first kappa shape index (κ1) is 24.4. The first-order chi connectivity index (χ1) is 13.6. The van der Waals surface area contributed by atoms with E-state index in [9.17, 15) is 14.4 Å². The summed E-state index contributed by atoms with van der Waals surface area (Å²) >= 11 is 0. The summed E-state index contributed by atoms with van der Waals surface area (Å²) < 4.78 is 9.97. The number of nitrogens with two attached hydrogens (primary N) is 1. The number of hydrogen-bond acceptors (Lipinski definition) is 6. The molecule has 1 rings (SSSR count). The molecule has 1 aromatic carbocycles. The van der Waals surface area contributed by atoms with Crippen LogP contribution in [0.5, 0.6) is 0 Å². The number of rotatable bonds is 10. The van der Waals surface area contributed by atoms with Crippen molar-refractivity contribution in [3.05, 3.63) is 35.9 Å². The van der Waals surface area contributed by atoms with E-state index in [0.717, 1.165) is 5.56 Å². The summed E-state index contributed by atoms with van der Waals surface area (Å²) in [4.78, 5) is 36.6. The summed E-state index contributed by atoms with van der Waals surface area (Å²) in [5, 5.41) is 5.34. The van der Waals surface area contributed by atoms with Gasteiger partial charge >= 0.3 is 12.1 Å². The molecule has 0 bridgehead atoms. The normalized spacial score (nSPS) is 14.1. The fourth-order valence-electron chi connectivity index (χ4n) is 2.72. The summed E-state index contributed by atoms with van der Waals surface area (Å²) in [6, 6.07) is 7.38. The Labute approximate surface area is 172 Å². The SMILES string of the molecule is COC(=O)[C@@H](NC(=O)C[C@@H](NC(=O)OCc1ccccc1)[C@@H](N)C(C)C)C(C)C. The van der Waals surface area contributed by atoms with Gasteiger partial charge in [-0.05, 0) is 17.4 Å². The zero-order valence-electron chi connectivity index (χ0n) is 17.8. The molecule has 0 saturated carbocycles. The molecule has 29 heavy (non-hydrogen) atoms. The number of amides is 2. The summed E-state index contributed by atoms with van der Waals surface area (Å²) in [5.74, 6) is -1.05. The molecule has 0 unspecified atom stereocenters. The lowest BCUT2D eigenvalue weighted by molar-refractivity contribution is -0.146. The highest BCUT2D eigenvalue weighted by molar-refractivity contribution is 5.85. The van der Waals surface area contributed by atoms with Crippen LogP contribution in [0.1, 0.15) is 39.7 Å². The van der Waals surface area contributed by atoms with Gasteiger partial charge in [-0.25, -0.2) is 9.59 Å². The highest BCUT2D eigenvalue weighted by atomic mass is 16.5. The third-order valence-electron chi connectivity index (χ3n) is 4.59. The van der Waals surface area contributed by atoms with Crippen LogP contribution in [0.25, 0.3) is 0 Å². The van der Waals surface area contributed by atoms with Crippen LogP contribution in [0.2, 0.25) is 0 Å². The van der Waals surface area contributed by atoms with E-state index in [1.807, 2.05) is 44.2 Å². The first-order valence-corrected chi connectivity index (χ1v) is 9.75. The molecule has 0 saturated heterocycles. The van der Waals surface area contributed by atoms with E-state index >= 15 is 0 Å². The molecule has 1 aromatic rings. The number of methoxy groups -OCH3 is 1. The number of alkyl carbamates (subject to hydrolysis) is 1. The van der Waals surface area contributed by atoms with E-state index in [0.29, 0.717) is 0 Å². The van der Waals surface area contributed by atoms with Crippen molar-refractivity contribution in [1.29, 1.82) is 0 Å². The van der Waals surface area contributed by atoms with Gasteiger partial charge in [0.2, 0.25) is 5.91 Å². The van der Waals surface area contributed by atoms with E-state index in [1.54, 1.807) is 13.8 Å². The Balaban J connectivity index is 2.72. The van der Waals surface area contributed by atoms with Crippen molar-refractivity contribution in [1.82, 2.24) is 10.6 Å². The number of hydrogen-bond donors (Lipinski definition) is 3. The molecule has 0 aromatic heterocycles. The van der Waals surface area contributed by atoms with Gasteiger partial charge in [-0.3, -0.25) is 4.79 Å². The van der Waals surface area contributed by atoms with Gasteiger partial charge in [0.15, 0.2) is 0 Å². The average Bonchev–Trinajstić information content (AvgIpc) is 2.69. The van der Waals surface area contributed by atoms with E-state index in [4.69, 9.17) is 15.2 Å². The highest BCUT2D eigenvalue weighted by Gasteiger charge is 2.29. The molecule has 0 radical (unpaired) electrons. The Morgan fingerprint density at radius 3 is 2.14 bits per heavy atom. The first-order valence-electron chi connectivity index (χ1n) is 9.75. The van der Waals surface area contributed by atoms with Crippen molar-refractivity contribution < 1.29 is 23.9 Å². The second-order valence-corrected chi connectivity index (χ2v) is 7.65. The van der Waals surface area contributed by atoms with Crippen LogP contribution in [0.3, 0.4) is 0 Å². The van der Waals surface area contributed by atoms with Crippen LogP contribution in [0.4, 0.5) is 4.79 Å². The fraction of sp³-hybridized carbons (Fsp3) is 0.571. The lowest BCUT2D eigenvalue weighted by Crippen LogP contribution is -2.54. The maximum absolute atomic E-state index is 12.5. The molecule has 0 fully saturated rings. The summed E-state index contributed by atoms with van der Waals surface area (Å²) in [6.07, 6.45) is -0.740. The maximum Gasteiger partial charge on any atom is 0.407 e. The van der Waals surface area contributed by atoms with Gasteiger partial charge in [0, 0.05) is 12.5 Å². The van der Waals surface area contributed by atoms with E-state index in [-0.39, 0.29) is 24.9 Å². The van der Waals surface area contributed by atoms with Crippen molar-refractivity contribution in [3.63, 3.8) is 0 Å². The third-order valence-corrected chi connectivity index (χ3v) is 4.59. The smallest absolute Gasteiger partial charge is 0.407 e. The fourth-order valence-corrected chi connectivity index (χ4v) is 2.72. The van der Waals surface area contributed by atoms with Crippen LogP contribution >= 0.6 is 0 Å². The minimum Gasteiger partial charge on any atom is -0.467 e. The van der Waals surface area contributed by atoms with Gasteiger partial charge in [-0.15, -0.1) is 0 Å². The zero-order chi connectivity index (χ0) is 22.0. The van der Waals surface area contributed by atoms with Crippen molar-refractivity contribution in [3.8, 4) is 0 Å². The average molecular weight is 408 g/mol. The van der Waals surface area contributed by atoms with Gasteiger partial charge in [0.25, 0.3) is 0 Å². The second-order valence-electron chi connectivity index (χ2n) is 7.65. The largest absolute Gasteiger partial charge is 0.467 e. The number of nitrogens with one attached hydrogen (secondary N) is 2. The van der Waals surface area contributed by atoms with Crippen molar-refractivity contribution in [2.45, 2.75) is 58.8 Å². The van der Waals surface area contributed by atoms with Crippen molar-refractivity contribution in [2.24, 2.45) is 17.6 Å². The van der Waals surface area contributed by atoms with Crippen molar-refractivity contribution >= 4 is 18.0 Å². The maximum atomic E-state index is 12.5. The quantitative estimate of drug-likeness (QED) is 0.510. The Morgan fingerprint density at radius 1 is 1.00 bits per heavy atom. The minimum absolute atomic E-state index is 0.0173. The minimum atomic E-state index is -0.770. The lowest BCUT2D eigenvalue weighted by Gasteiger charge is -2.28. The molecule has 8 nitrogen and oxygen atoms in total. The van der Waals surface area contributed by atoms with Gasteiger partial charge in [-0.2, -0.15) is 0 Å². The second kappa shape index (κ2) is 12.1. The number of ether oxygens (including phenoxy) is 2. The number of benzene rings is 1. The molecule has 0 aliphatic rings. The lowest BCUT2D eigenvalue weighted by atomic mass is 9.94. The number of carbonyl (C=O) groups excluding carboxylic acids is 3. The van der Waals surface area contributed by atoms with Gasteiger partial charge in [-0.1, -0.05) is 58.0 Å². The van der Waals surface area contributed by atoms with Gasteiger partial charge in [0.1, 0.15) is 12.6 Å². The molecule has 0 spiro atoms. The molecule has 0 aliphatic carbocycles. The predicted molar refractivity (Wildman–Crippen MR) is 110 cm³/mol.